The number of carbonyl (C=O) groups excluding carboxylic acids is 1. The average Bonchev–Trinajstić information content (AvgIpc) is 3.24. The second kappa shape index (κ2) is 11.0. The molecule has 9 nitrogen and oxygen atoms in total. The molecular weight excluding hydrogens is 453 g/mol. The number of carbonyl (C=O) groups is 2. The third-order valence-electron chi connectivity index (χ3n) is 4.35. The fourth-order valence-corrected chi connectivity index (χ4v) is 3.98. The van der Waals surface area contributed by atoms with Gasteiger partial charge in [-0.2, -0.15) is 0 Å². The standard InChI is InChI=1S/C21H20N3O6PS/c25-18(26)11-17-14-32-20(22-17)24(23-31-29)19(27)21(28,12-15-7-3-1-4-8-15)30-13-16-9-5-2-6-10-16/h1-10,14,28H,11-13H2,(H,23,29)(H,25,26). The van der Waals surface area contributed by atoms with Crippen LogP contribution in [0.2, 0.25) is 0 Å². The smallest absolute Gasteiger partial charge is 0.309 e. The highest BCUT2D eigenvalue weighted by Crippen LogP contribution is 2.26. The van der Waals surface area contributed by atoms with Crippen LogP contribution >= 0.6 is 19.9 Å². The number of aliphatic hydroxyl groups is 1. The number of nitrogens with one attached hydrogen (secondary N) is 1. The van der Waals surface area contributed by atoms with E-state index in [1.165, 1.54) is 5.38 Å². The Balaban J connectivity index is 1.90. The lowest BCUT2D eigenvalue weighted by atomic mass is 10.0. The van der Waals surface area contributed by atoms with Gasteiger partial charge in [0.05, 0.1) is 18.7 Å². The van der Waals surface area contributed by atoms with Gasteiger partial charge in [-0.25, -0.2) is 9.99 Å². The highest BCUT2D eigenvalue weighted by molar-refractivity contribution is 7.21. The van der Waals surface area contributed by atoms with Gasteiger partial charge in [-0.1, -0.05) is 60.7 Å². The molecule has 0 aliphatic heterocycles. The van der Waals surface area contributed by atoms with Crippen LogP contribution in [0, 0.1) is 0 Å². The fourth-order valence-electron chi connectivity index (χ4n) is 2.86. The van der Waals surface area contributed by atoms with Crippen molar-refractivity contribution in [3.05, 3.63) is 82.9 Å². The van der Waals surface area contributed by atoms with Crippen LogP contribution in [0.1, 0.15) is 16.8 Å². The van der Waals surface area contributed by atoms with E-state index >= 15 is 0 Å². The minimum atomic E-state index is -2.33. The van der Waals surface area contributed by atoms with Crippen molar-refractivity contribution in [3.63, 3.8) is 0 Å². The summed E-state index contributed by atoms with van der Waals surface area (Å²) in [5, 5.41) is 24.9. The molecule has 1 atom stereocenters. The number of aliphatic carboxylic acids is 1. The van der Waals surface area contributed by atoms with Crippen LogP contribution in [0.25, 0.3) is 0 Å². The minimum absolute atomic E-state index is 0.0180. The number of aromatic nitrogens is 1. The predicted octanol–water partition coefficient (Wildman–Crippen LogP) is 2.96. The van der Waals surface area contributed by atoms with E-state index in [9.17, 15) is 19.3 Å². The molecule has 0 radical (unpaired) electrons. The summed E-state index contributed by atoms with van der Waals surface area (Å²) >= 11 is 0.963. The van der Waals surface area contributed by atoms with Crippen molar-refractivity contribution in [2.75, 3.05) is 5.01 Å². The van der Waals surface area contributed by atoms with Crippen molar-refractivity contribution in [2.24, 2.45) is 0 Å². The van der Waals surface area contributed by atoms with Gasteiger partial charge < -0.3 is 14.9 Å². The monoisotopic (exact) mass is 473 g/mol. The van der Waals surface area contributed by atoms with E-state index in [1.54, 1.807) is 54.6 Å². The van der Waals surface area contributed by atoms with Gasteiger partial charge in [0.25, 0.3) is 14.4 Å². The van der Waals surface area contributed by atoms with E-state index in [-0.39, 0.29) is 30.3 Å². The Morgan fingerprint density at radius 3 is 2.31 bits per heavy atom. The molecule has 11 heteroatoms. The molecule has 0 saturated carbocycles. The number of carboxylic acid groups (broad SMARTS) is 1. The molecule has 1 aromatic heterocycles. The fraction of sp³-hybridized carbons (Fsp3) is 0.190. The van der Waals surface area contributed by atoms with E-state index < -0.39 is 26.3 Å². The van der Waals surface area contributed by atoms with Gasteiger partial charge in [-0.15, -0.1) is 16.5 Å². The number of benzene rings is 2. The van der Waals surface area contributed by atoms with E-state index in [2.05, 4.69) is 10.2 Å². The normalized spacial score (nSPS) is 12.9. The Bertz CT molecular complexity index is 1070. The SMILES string of the molecule is O=PNN(C(=O)C(O)(Cc1ccccc1)OCc1ccccc1)c1nc(CC(=O)O)cs1. The summed E-state index contributed by atoms with van der Waals surface area (Å²) in [5.74, 6) is -4.36. The Morgan fingerprint density at radius 2 is 1.72 bits per heavy atom. The third-order valence-corrected chi connectivity index (χ3v) is 5.50. The first kappa shape index (κ1) is 23.6. The van der Waals surface area contributed by atoms with Crippen LogP contribution in [0.5, 0.6) is 0 Å². The lowest BCUT2D eigenvalue weighted by molar-refractivity contribution is -0.209. The number of anilines is 1. The first-order chi connectivity index (χ1) is 15.4. The number of amides is 1. The Kier molecular flexibility index (Phi) is 8.15. The Hall–Kier alpha value is -3.01. The molecule has 0 spiro atoms. The summed E-state index contributed by atoms with van der Waals surface area (Å²) in [6, 6.07) is 17.8. The number of hydrogen-bond acceptors (Lipinski definition) is 7. The van der Waals surface area contributed by atoms with Gasteiger partial charge in [0, 0.05) is 11.8 Å². The molecule has 1 unspecified atom stereocenters. The first-order valence-corrected chi connectivity index (χ1v) is 11.1. The minimum Gasteiger partial charge on any atom is -0.481 e. The topological polar surface area (TPSA) is 129 Å². The van der Waals surface area contributed by atoms with Crippen LogP contribution < -0.4 is 10.2 Å². The van der Waals surface area contributed by atoms with Gasteiger partial charge in [-0.05, 0) is 11.1 Å². The highest BCUT2D eigenvalue weighted by atomic mass is 32.1. The van der Waals surface area contributed by atoms with Crippen LogP contribution in [0.15, 0.2) is 66.0 Å². The van der Waals surface area contributed by atoms with Crippen LogP contribution in [0.3, 0.4) is 0 Å². The summed E-state index contributed by atoms with van der Waals surface area (Å²) in [4.78, 5) is 28.5. The van der Waals surface area contributed by atoms with Crippen LogP contribution in [-0.4, -0.2) is 32.9 Å². The molecule has 0 bridgehead atoms. The maximum Gasteiger partial charge on any atom is 0.309 e. The number of hydrazine groups is 1. The molecule has 3 aromatic rings. The number of hydrogen-bond donors (Lipinski definition) is 3. The third kappa shape index (κ3) is 6.25. The molecule has 0 aliphatic carbocycles. The molecule has 1 amide bonds. The van der Waals surface area contributed by atoms with Crippen molar-refractivity contribution in [1.82, 2.24) is 10.2 Å². The number of ether oxygens (including phenoxy) is 1. The predicted molar refractivity (Wildman–Crippen MR) is 118 cm³/mol. The van der Waals surface area contributed by atoms with Gasteiger partial charge in [-0.3, -0.25) is 14.2 Å². The number of thiazole rings is 1. The molecule has 3 rings (SSSR count). The van der Waals surface area contributed by atoms with Crippen molar-refractivity contribution < 1.29 is 29.1 Å². The summed E-state index contributed by atoms with van der Waals surface area (Å²) in [5.41, 5.74) is 1.60. The molecule has 166 valence electrons. The number of nitrogens with zero attached hydrogens (tertiary/aromatic N) is 2. The maximum atomic E-state index is 13.4. The molecule has 0 fully saturated rings. The van der Waals surface area contributed by atoms with Gasteiger partial charge >= 0.3 is 11.9 Å². The zero-order valence-corrected chi connectivity index (χ0v) is 18.5. The van der Waals surface area contributed by atoms with E-state index in [1.807, 2.05) is 6.07 Å². The van der Waals surface area contributed by atoms with Crippen molar-refractivity contribution in [2.45, 2.75) is 25.2 Å². The molecule has 2 aromatic carbocycles. The van der Waals surface area contributed by atoms with Gasteiger partial charge in [0.15, 0.2) is 0 Å². The Morgan fingerprint density at radius 1 is 1.09 bits per heavy atom. The van der Waals surface area contributed by atoms with E-state index in [0.29, 0.717) is 5.56 Å². The average molecular weight is 473 g/mol. The lowest BCUT2D eigenvalue weighted by Crippen LogP contribution is -2.55. The molecule has 0 aliphatic rings. The number of carboxylic acids is 1. The number of rotatable bonds is 11. The van der Waals surface area contributed by atoms with E-state index in [4.69, 9.17) is 9.84 Å². The summed E-state index contributed by atoms with van der Waals surface area (Å²) < 4.78 is 17.0. The zero-order chi connectivity index (χ0) is 23.0. The lowest BCUT2D eigenvalue weighted by Gasteiger charge is -2.31. The quantitative estimate of drug-likeness (QED) is 0.220. The summed E-state index contributed by atoms with van der Waals surface area (Å²) in [6.07, 6.45) is -0.521. The highest BCUT2D eigenvalue weighted by Gasteiger charge is 2.43. The summed E-state index contributed by atoms with van der Waals surface area (Å²) in [6.45, 7) is -0.0546. The van der Waals surface area contributed by atoms with Crippen molar-refractivity contribution in [3.8, 4) is 0 Å². The Labute approximate surface area is 189 Å². The van der Waals surface area contributed by atoms with E-state index in [0.717, 1.165) is 21.9 Å². The second-order valence-corrected chi connectivity index (χ2v) is 7.96. The first-order valence-electron chi connectivity index (χ1n) is 9.44. The summed E-state index contributed by atoms with van der Waals surface area (Å²) in [7, 11) is -0.623. The van der Waals surface area contributed by atoms with Crippen LogP contribution in [0.4, 0.5) is 5.13 Å². The zero-order valence-electron chi connectivity index (χ0n) is 16.7. The molecular formula is C21H20N3O6PS. The van der Waals surface area contributed by atoms with Crippen molar-refractivity contribution in [1.29, 1.82) is 0 Å². The van der Waals surface area contributed by atoms with Gasteiger partial charge in [0.2, 0.25) is 5.13 Å². The largest absolute Gasteiger partial charge is 0.481 e. The van der Waals surface area contributed by atoms with Crippen molar-refractivity contribution >= 4 is 37.0 Å². The second-order valence-electron chi connectivity index (χ2n) is 6.74. The molecule has 32 heavy (non-hydrogen) atoms. The molecule has 3 N–H and O–H groups in total. The maximum absolute atomic E-state index is 13.4. The molecule has 0 saturated heterocycles. The van der Waals surface area contributed by atoms with Gasteiger partial charge in [0.1, 0.15) is 0 Å². The van der Waals surface area contributed by atoms with Crippen LogP contribution in [-0.2, 0) is 38.3 Å². The molecule has 1 heterocycles.